The van der Waals surface area contributed by atoms with E-state index in [1.54, 1.807) is 47.6 Å². The van der Waals surface area contributed by atoms with Crippen LogP contribution in [0, 0.1) is 13.8 Å². The third-order valence-electron chi connectivity index (χ3n) is 7.88. The Morgan fingerprint density at radius 1 is 0.780 bits per heavy atom. The van der Waals surface area contributed by atoms with Crippen molar-refractivity contribution in [2.45, 2.75) is 137 Å². The van der Waals surface area contributed by atoms with Crippen LogP contribution in [0.4, 0.5) is 4.79 Å². The van der Waals surface area contributed by atoms with Crippen LogP contribution in [0.15, 0.2) is 48.5 Å². The zero-order valence-electron chi connectivity index (χ0n) is 31.4. The van der Waals surface area contributed by atoms with Gasteiger partial charge in [0.1, 0.15) is 29.3 Å². The number of benzene rings is 2. The molecule has 0 heterocycles. The number of ether oxygens (including phenoxy) is 2. The van der Waals surface area contributed by atoms with Crippen molar-refractivity contribution in [1.82, 2.24) is 15.5 Å². The number of carbonyl (C=O) groups is 5. The number of amides is 4. The summed E-state index contributed by atoms with van der Waals surface area (Å²) in [4.78, 5) is 69.2. The van der Waals surface area contributed by atoms with E-state index in [4.69, 9.17) is 15.2 Å². The van der Waals surface area contributed by atoms with Crippen molar-refractivity contribution in [2.75, 3.05) is 6.54 Å². The van der Waals surface area contributed by atoms with Crippen molar-refractivity contribution in [3.63, 3.8) is 0 Å². The van der Waals surface area contributed by atoms with Gasteiger partial charge >= 0.3 is 12.1 Å². The number of rotatable bonds is 17. The lowest BCUT2D eigenvalue weighted by atomic mass is 9.97. The number of hydrogen-bond donors (Lipinski definition) is 3. The highest BCUT2D eigenvalue weighted by Crippen LogP contribution is 2.27. The van der Waals surface area contributed by atoms with Gasteiger partial charge in [-0.1, -0.05) is 81.1 Å². The molecule has 11 nitrogen and oxygen atoms in total. The second kappa shape index (κ2) is 19.1. The Labute approximate surface area is 298 Å². The Morgan fingerprint density at radius 2 is 1.40 bits per heavy atom. The molecular weight excluding hydrogens is 636 g/mol. The van der Waals surface area contributed by atoms with Gasteiger partial charge in [0, 0.05) is 13.0 Å². The number of alkyl carbamates (subject to hydrolysis) is 1. The first-order valence-electron chi connectivity index (χ1n) is 17.5. The summed E-state index contributed by atoms with van der Waals surface area (Å²) in [5, 5.41) is 5.43. The van der Waals surface area contributed by atoms with Gasteiger partial charge in [-0.25, -0.2) is 9.59 Å². The largest absolute Gasteiger partial charge is 0.458 e. The molecule has 3 atom stereocenters. The van der Waals surface area contributed by atoms with Crippen LogP contribution in [-0.2, 0) is 35.1 Å². The van der Waals surface area contributed by atoms with Crippen LogP contribution in [-0.4, -0.2) is 64.5 Å². The van der Waals surface area contributed by atoms with Crippen molar-refractivity contribution in [3.05, 3.63) is 70.8 Å². The summed E-state index contributed by atoms with van der Waals surface area (Å²) in [7, 11) is 0. The quantitative estimate of drug-likeness (QED) is 0.136. The molecule has 0 spiro atoms. The lowest BCUT2D eigenvalue weighted by Crippen LogP contribution is -2.55. The van der Waals surface area contributed by atoms with E-state index in [1.807, 2.05) is 56.3 Å². The maximum atomic E-state index is 14.6. The molecule has 0 aliphatic rings. The van der Waals surface area contributed by atoms with Crippen LogP contribution in [0.1, 0.15) is 115 Å². The van der Waals surface area contributed by atoms with Gasteiger partial charge in [-0.2, -0.15) is 0 Å². The Kier molecular flexibility index (Phi) is 16.0. The maximum Gasteiger partial charge on any atom is 0.408 e. The van der Waals surface area contributed by atoms with Gasteiger partial charge in [-0.15, -0.1) is 0 Å². The van der Waals surface area contributed by atoms with Gasteiger partial charge in [0.15, 0.2) is 0 Å². The lowest BCUT2D eigenvalue weighted by molar-refractivity contribution is -0.159. The van der Waals surface area contributed by atoms with Crippen molar-refractivity contribution in [3.8, 4) is 0 Å². The molecule has 4 amide bonds. The number of nitrogens with one attached hydrogen (secondary N) is 2. The summed E-state index contributed by atoms with van der Waals surface area (Å²) in [5.74, 6) is -2.73. The standard InChI is InChI=1S/C39H58N4O7/c1-10-11-12-13-17-22-43(35(46)30(25-32(40)44)42-37(48)50-39(7,8)9)33(29-21-20-26(2)27(3)23-29)34(45)41-31(36(47)49-38(4,5)6)24-28-18-15-14-16-19-28/h14-16,18-21,23,30-31,33H,10-13,17,22,24-25H2,1-9H3,(H2,40,44)(H,41,45)(H,42,48). The van der Waals surface area contributed by atoms with E-state index < -0.39 is 65.5 Å². The summed E-state index contributed by atoms with van der Waals surface area (Å²) in [5.41, 5.74) is 7.06. The van der Waals surface area contributed by atoms with Crippen molar-refractivity contribution < 1.29 is 33.4 Å². The first-order chi connectivity index (χ1) is 23.3. The van der Waals surface area contributed by atoms with Crippen LogP contribution >= 0.6 is 0 Å². The minimum absolute atomic E-state index is 0.134. The molecule has 0 aliphatic carbocycles. The average Bonchev–Trinajstić information content (AvgIpc) is 2.99. The van der Waals surface area contributed by atoms with Crippen LogP contribution in [0.3, 0.4) is 0 Å². The normalized spacial score (nSPS) is 13.4. The zero-order chi connectivity index (χ0) is 37.6. The predicted octanol–water partition coefficient (Wildman–Crippen LogP) is 5.98. The van der Waals surface area contributed by atoms with E-state index in [0.29, 0.717) is 12.0 Å². The zero-order valence-corrected chi connectivity index (χ0v) is 31.4. The third-order valence-corrected chi connectivity index (χ3v) is 7.88. The Hall–Kier alpha value is -4.41. The van der Waals surface area contributed by atoms with Crippen LogP contribution in [0.5, 0.6) is 0 Å². The predicted molar refractivity (Wildman–Crippen MR) is 194 cm³/mol. The van der Waals surface area contributed by atoms with Crippen LogP contribution in [0.25, 0.3) is 0 Å². The molecule has 0 aromatic heterocycles. The summed E-state index contributed by atoms with van der Waals surface area (Å²) in [6, 6.07) is 11.0. The average molecular weight is 695 g/mol. The number of esters is 1. The van der Waals surface area contributed by atoms with E-state index >= 15 is 0 Å². The van der Waals surface area contributed by atoms with Gasteiger partial charge in [0.25, 0.3) is 0 Å². The molecular formula is C39H58N4O7. The molecule has 50 heavy (non-hydrogen) atoms. The number of carbonyl (C=O) groups excluding carboxylic acids is 5. The van der Waals surface area contributed by atoms with E-state index in [0.717, 1.165) is 42.4 Å². The number of primary amides is 1. The fraction of sp³-hybridized carbons (Fsp3) is 0.564. The minimum atomic E-state index is -1.41. The Balaban J connectivity index is 2.68. The number of nitrogens with two attached hydrogens (primary N) is 1. The molecule has 0 aliphatic heterocycles. The molecule has 2 aromatic rings. The van der Waals surface area contributed by atoms with Gasteiger partial charge in [-0.05, 0) is 84.1 Å². The van der Waals surface area contributed by atoms with E-state index in [1.165, 1.54) is 4.90 Å². The summed E-state index contributed by atoms with van der Waals surface area (Å²) < 4.78 is 11.1. The highest BCUT2D eigenvalue weighted by Gasteiger charge is 2.39. The number of aryl methyl sites for hydroxylation is 2. The van der Waals surface area contributed by atoms with Crippen molar-refractivity contribution in [2.24, 2.45) is 5.73 Å². The summed E-state index contributed by atoms with van der Waals surface area (Å²) >= 11 is 0. The van der Waals surface area contributed by atoms with Gasteiger partial charge in [0.05, 0.1) is 6.42 Å². The highest BCUT2D eigenvalue weighted by molar-refractivity contribution is 5.95. The molecule has 0 bridgehead atoms. The fourth-order valence-electron chi connectivity index (χ4n) is 5.38. The molecule has 11 heteroatoms. The first kappa shape index (κ1) is 41.8. The molecule has 0 saturated heterocycles. The molecule has 0 radical (unpaired) electrons. The molecule has 276 valence electrons. The highest BCUT2D eigenvalue weighted by atomic mass is 16.6. The molecule has 0 saturated carbocycles. The lowest BCUT2D eigenvalue weighted by Gasteiger charge is -2.35. The first-order valence-corrected chi connectivity index (χ1v) is 17.5. The van der Waals surface area contributed by atoms with Crippen molar-refractivity contribution in [1.29, 1.82) is 0 Å². The van der Waals surface area contributed by atoms with E-state index in [-0.39, 0.29) is 13.0 Å². The van der Waals surface area contributed by atoms with E-state index in [2.05, 4.69) is 17.6 Å². The third kappa shape index (κ3) is 14.6. The molecule has 4 N–H and O–H groups in total. The number of nitrogens with zero attached hydrogens (tertiary/aromatic N) is 1. The van der Waals surface area contributed by atoms with Gasteiger partial charge in [0.2, 0.25) is 17.7 Å². The second-order valence-electron chi connectivity index (χ2n) is 14.8. The summed E-state index contributed by atoms with van der Waals surface area (Å²) in [6.07, 6.45) is 3.03. The molecule has 2 rings (SSSR count). The number of hydrogen-bond acceptors (Lipinski definition) is 7. The Morgan fingerprint density at radius 3 is 1.96 bits per heavy atom. The second-order valence-corrected chi connectivity index (χ2v) is 14.8. The van der Waals surface area contributed by atoms with Gasteiger partial charge in [-0.3, -0.25) is 14.4 Å². The molecule has 2 aromatic carbocycles. The van der Waals surface area contributed by atoms with Crippen molar-refractivity contribution >= 4 is 29.8 Å². The fourth-order valence-corrected chi connectivity index (χ4v) is 5.38. The number of unbranched alkanes of at least 4 members (excludes halogenated alkanes) is 4. The smallest absolute Gasteiger partial charge is 0.408 e. The Bertz CT molecular complexity index is 1450. The topological polar surface area (TPSA) is 157 Å². The maximum absolute atomic E-state index is 14.6. The van der Waals surface area contributed by atoms with Crippen LogP contribution in [0.2, 0.25) is 0 Å². The van der Waals surface area contributed by atoms with Gasteiger partial charge < -0.3 is 30.7 Å². The SMILES string of the molecule is CCCCCCCN(C(=O)C(CC(N)=O)NC(=O)OC(C)(C)C)C(C(=O)NC(Cc1ccccc1)C(=O)OC(C)(C)C)c1ccc(C)c(C)c1. The monoisotopic (exact) mass is 694 g/mol. The molecule has 0 fully saturated rings. The van der Waals surface area contributed by atoms with Crippen LogP contribution < -0.4 is 16.4 Å². The van der Waals surface area contributed by atoms with E-state index in [9.17, 15) is 24.0 Å². The summed E-state index contributed by atoms with van der Waals surface area (Å²) in [6.45, 7) is 16.4. The minimum Gasteiger partial charge on any atom is -0.458 e. The molecule has 3 unspecified atom stereocenters.